The quantitative estimate of drug-likeness (QED) is 0.752. The summed E-state index contributed by atoms with van der Waals surface area (Å²) in [5.74, 6) is 1.65. The average Bonchev–Trinajstić information content (AvgIpc) is 3.54. The third kappa shape index (κ3) is 3.44. The number of alkyl halides is 3. The van der Waals surface area contributed by atoms with Crippen molar-refractivity contribution in [3.63, 3.8) is 0 Å². The third-order valence-electron chi connectivity index (χ3n) is 7.85. The molecule has 0 unspecified atom stereocenters. The van der Waals surface area contributed by atoms with E-state index in [2.05, 4.69) is 24.3 Å². The average molecular weight is 433 g/mol. The molecular formula is C23H26F3N3O2. The molecule has 2 bridgehead atoms. The summed E-state index contributed by atoms with van der Waals surface area (Å²) in [4.78, 5) is 30.3. The van der Waals surface area contributed by atoms with Gasteiger partial charge in [-0.05, 0) is 73.5 Å². The van der Waals surface area contributed by atoms with Crippen molar-refractivity contribution < 1.29 is 18.0 Å². The van der Waals surface area contributed by atoms with Crippen LogP contribution in [0.2, 0.25) is 0 Å². The van der Waals surface area contributed by atoms with Crippen molar-refractivity contribution in [3.05, 3.63) is 39.9 Å². The maximum atomic E-state index is 13.1. The summed E-state index contributed by atoms with van der Waals surface area (Å²) in [6.07, 6.45) is 0.757. The van der Waals surface area contributed by atoms with Gasteiger partial charge in [-0.25, -0.2) is 9.66 Å². The van der Waals surface area contributed by atoms with Gasteiger partial charge in [0.2, 0.25) is 5.91 Å². The lowest BCUT2D eigenvalue weighted by Crippen LogP contribution is -2.53. The fraction of sp³-hybridized carbons (Fsp3) is 0.609. The fourth-order valence-electron chi connectivity index (χ4n) is 5.72. The molecule has 0 radical (unpaired) electrons. The molecule has 4 aliphatic rings. The van der Waals surface area contributed by atoms with Gasteiger partial charge in [-0.1, -0.05) is 13.8 Å². The molecule has 3 atom stereocenters. The van der Waals surface area contributed by atoms with Crippen LogP contribution in [0.1, 0.15) is 69.7 Å². The van der Waals surface area contributed by atoms with Crippen molar-refractivity contribution >= 4 is 16.8 Å². The highest BCUT2D eigenvalue weighted by atomic mass is 19.4. The van der Waals surface area contributed by atoms with Crippen molar-refractivity contribution in [1.29, 1.82) is 0 Å². The van der Waals surface area contributed by atoms with Crippen molar-refractivity contribution in [2.75, 3.05) is 5.43 Å². The van der Waals surface area contributed by atoms with Crippen LogP contribution < -0.4 is 11.0 Å². The molecule has 4 saturated carbocycles. The van der Waals surface area contributed by atoms with Crippen LogP contribution in [0.3, 0.4) is 0 Å². The lowest BCUT2D eigenvalue weighted by atomic mass is 9.45. The van der Waals surface area contributed by atoms with Gasteiger partial charge in [-0.2, -0.15) is 13.2 Å². The second-order valence-corrected chi connectivity index (χ2v) is 10.1. The normalized spacial score (nSPS) is 27.1. The number of hydrogen-bond acceptors (Lipinski definition) is 3. The van der Waals surface area contributed by atoms with Crippen LogP contribution in [0.25, 0.3) is 10.9 Å². The van der Waals surface area contributed by atoms with Gasteiger partial charge in [0.05, 0.1) is 16.5 Å². The van der Waals surface area contributed by atoms with Crippen molar-refractivity contribution in [1.82, 2.24) is 9.66 Å². The molecule has 166 valence electrons. The Morgan fingerprint density at radius 2 is 1.97 bits per heavy atom. The summed E-state index contributed by atoms with van der Waals surface area (Å²) in [7, 11) is 0. The van der Waals surface area contributed by atoms with Gasteiger partial charge in [-0.15, -0.1) is 0 Å². The number of fused-ring (bicyclic) bond motifs is 3. The van der Waals surface area contributed by atoms with Crippen molar-refractivity contribution in [3.8, 4) is 0 Å². The summed E-state index contributed by atoms with van der Waals surface area (Å²) in [5, 5.41) is 0.0679. The molecule has 6 rings (SSSR count). The molecule has 0 spiro atoms. The van der Waals surface area contributed by atoms with E-state index in [0.29, 0.717) is 24.1 Å². The molecular weight excluding hydrogens is 407 g/mol. The summed E-state index contributed by atoms with van der Waals surface area (Å²) < 4.78 is 40.4. The highest BCUT2D eigenvalue weighted by Crippen LogP contribution is 2.62. The van der Waals surface area contributed by atoms with E-state index in [1.807, 2.05) is 0 Å². The molecule has 5 nitrogen and oxygen atoms in total. The van der Waals surface area contributed by atoms with E-state index in [4.69, 9.17) is 0 Å². The van der Waals surface area contributed by atoms with Gasteiger partial charge >= 0.3 is 6.18 Å². The van der Waals surface area contributed by atoms with E-state index in [1.54, 1.807) is 0 Å². The van der Waals surface area contributed by atoms with Crippen LogP contribution in [0.15, 0.2) is 23.0 Å². The molecule has 1 aromatic carbocycles. The SMILES string of the molecule is CC1(C)[C@H]2CC[C@@H](CC(=O)Nn3c(C4CC4)nc4cc(C(F)(F)F)ccc4c3=O)[C@@H]1C2. The predicted molar refractivity (Wildman–Crippen MR) is 110 cm³/mol. The molecule has 8 heteroatoms. The largest absolute Gasteiger partial charge is 0.416 e. The number of nitrogens with zero attached hydrogens (tertiary/aromatic N) is 2. The number of benzene rings is 1. The maximum absolute atomic E-state index is 13.1. The zero-order chi connectivity index (χ0) is 22.1. The maximum Gasteiger partial charge on any atom is 0.416 e. The third-order valence-corrected chi connectivity index (χ3v) is 7.85. The molecule has 1 aromatic heterocycles. The zero-order valence-electron chi connectivity index (χ0n) is 17.6. The van der Waals surface area contributed by atoms with Crippen LogP contribution in [0.5, 0.6) is 0 Å². The van der Waals surface area contributed by atoms with Gasteiger partial charge < -0.3 is 0 Å². The highest BCUT2D eigenvalue weighted by Gasteiger charge is 2.54. The molecule has 2 aromatic rings. The van der Waals surface area contributed by atoms with E-state index in [9.17, 15) is 22.8 Å². The van der Waals surface area contributed by atoms with Gasteiger partial charge in [0.25, 0.3) is 5.56 Å². The van der Waals surface area contributed by atoms with E-state index >= 15 is 0 Å². The topological polar surface area (TPSA) is 64.0 Å². The minimum atomic E-state index is -4.51. The van der Waals surface area contributed by atoms with Crippen LogP contribution in [-0.2, 0) is 11.0 Å². The number of rotatable bonds is 4. The monoisotopic (exact) mass is 433 g/mol. The van der Waals surface area contributed by atoms with Crippen LogP contribution in [-0.4, -0.2) is 15.6 Å². The Balaban J connectivity index is 1.44. The standard InChI is InChI=1S/C23H26F3N3O2/c1-22(2)14-6-5-13(17(22)10-14)9-19(30)28-29-20(12-3-4-12)27-18-11-15(23(24,25)26)7-8-16(18)21(29)31/h7-8,11-14,17H,3-6,9-10H2,1-2H3,(H,28,30)/t13-,14-,17-/m0/s1. The Morgan fingerprint density at radius 1 is 1.23 bits per heavy atom. The van der Waals surface area contributed by atoms with Gasteiger partial charge in [0.15, 0.2) is 0 Å². The van der Waals surface area contributed by atoms with Gasteiger partial charge in [0, 0.05) is 12.3 Å². The number of amides is 1. The lowest BCUT2D eigenvalue weighted by Gasteiger charge is -2.60. The molecule has 1 heterocycles. The Kier molecular flexibility index (Phi) is 4.51. The van der Waals surface area contributed by atoms with Crippen LogP contribution in [0.4, 0.5) is 13.2 Å². The van der Waals surface area contributed by atoms with Crippen molar-refractivity contribution in [2.24, 2.45) is 23.2 Å². The molecule has 4 fully saturated rings. The highest BCUT2D eigenvalue weighted by molar-refractivity contribution is 5.85. The van der Waals surface area contributed by atoms with Crippen LogP contribution >= 0.6 is 0 Å². The summed E-state index contributed by atoms with van der Waals surface area (Å²) in [6, 6.07) is 2.93. The molecule has 4 aliphatic carbocycles. The van der Waals surface area contributed by atoms with E-state index < -0.39 is 17.3 Å². The van der Waals surface area contributed by atoms with E-state index in [-0.39, 0.29) is 28.1 Å². The number of halogens is 3. The van der Waals surface area contributed by atoms with Gasteiger partial charge in [0.1, 0.15) is 5.82 Å². The Bertz CT molecular complexity index is 1120. The summed E-state index contributed by atoms with van der Waals surface area (Å²) >= 11 is 0. The smallest absolute Gasteiger partial charge is 0.273 e. The number of nitrogens with one attached hydrogen (secondary N) is 1. The Hall–Kier alpha value is -2.38. The van der Waals surface area contributed by atoms with Crippen LogP contribution in [0, 0.1) is 23.2 Å². The number of hydrogen-bond donors (Lipinski definition) is 1. The first-order valence-corrected chi connectivity index (χ1v) is 11.0. The zero-order valence-corrected chi connectivity index (χ0v) is 17.6. The van der Waals surface area contributed by atoms with Gasteiger partial charge in [-0.3, -0.25) is 15.0 Å². The first-order valence-electron chi connectivity index (χ1n) is 11.0. The second-order valence-electron chi connectivity index (χ2n) is 10.1. The van der Waals surface area contributed by atoms with E-state index in [0.717, 1.165) is 56.2 Å². The summed E-state index contributed by atoms with van der Waals surface area (Å²) in [6.45, 7) is 4.54. The minimum Gasteiger partial charge on any atom is -0.273 e. The molecule has 31 heavy (non-hydrogen) atoms. The molecule has 0 aliphatic heterocycles. The molecule has 1 N–H and O–H groups in total. The number of carbonyl (C=O) groups excluding carboxylic acids is 1. The first-order chi connectivity index (χ1) is 14.6. The van der Waals surface area contributed by atoms with E-state index in [1.165, 1.54) is 4.68 Å². The second kappa shape index (κ2) is 6.81. The molecule has 1 amide bonds. The lowest BCUT2D eigenvalue weighted by molar-refractivity contribution is -0.137. The summed E-state index contributed by atoms with van der Waals surface area (Å²) in [5.41, 5.74) is 1.64. The van der Waals surface area contributed by atoms with Crippen molar-refractivity contribution in [2.45, 2.75) is 64.5 Å². The first kappa shape index (κ1) is 20.5. The molecule has 0 saturated heterocycles. The number of carbonyl (C=O) groups is 1. The number of aromatic nitrogens is 2. The minimum absolute atomic E-state index is 0.0155. The fourth-order valence-corrected chi connectivity index (χ4v) is 5.72. The Morgan fingerprint density at radius 3 is 2.58 bits per heavy atom. The Labute approximate surface area is 178 Å². The predicted octanol–water partition coefficient (Wildman–Crippen LogP) is 4.83.